The molecule has 0 saturated heterocycles. The molecular weight excluding hydrogens is 354 g/mol. The van der Waals surface area contributed by atoms with Gasteiger partial charge in [-0.25, -0.2) is 0 Å². The third-order valence-corrected chi connectivity index (χ3v) is 4.63. The maximum absolute atomic E-state index is 12.2. The van der Waals surface area contributed by atoms with Gasteiger partial charge in [-0.2, -0.15) is 0 Å². The largest absolute Gasteiger partial charge is 0.493 e. The molecule has 0 fully saturated rings. The predicted molar refractivity (Wildman–Crippen MR) is 111 cm³/mol. The first-order valence-electron chi connectivity index (χ1n) is 9.07. The highest BCUT2D eigenvalue weighted by Crippen LogP contribution is 2.37. The van der Waals surface area contributed by atoms with Crippen molar-refractivity contribution >= 4 is 16.7 Å². The fourth-order valence-corrected chi connectivity index (χ4v) is 3.21. The van der Waals surface area contributed by atoms with Gasteiger partial charge >= 0.3 is 0 Å². The van der Waals surface area contributed by atoms with Crippen LogP contribution in [-0.4, -0.2) is 45.2 Å². The third kappa shape index (κ3) is 3.88. The first-order chi connectivity index (χ1) is 13.4. The molecule has 1 amide bonds. The van der Waals surface area contributed by atoms with E-state index < -0.39 is 6.10 Å². The zero-order valence-electron chi connectivity index (χ0n) is 16.9. The number of hydrogen-bond donors (Lipinski definition) is 0. The van der Waals surface area contributed by atoms with Crippen LogP contribution in [0.5, 0.6) is 17.2 Å². The maximum atomic E-state index is 12.2. The van der Waals surface area contributed by atoms with Crippen LogP contribution in [-0.2, 0) is 4.79 Å². The average molecular weight is 379 g/mol. The molecule has 28 heavy (non-hydrogen) atoms. The molecular formula is C23H25NO4. The van der Waals surface area contributed by atoms with Crippen molar-refractivity contribution in [3.63, 3.8) is 0 Å². The lowest BCUT2D eigenvalue weighted by molar-refractivity contribution is -0.135. The lowest BCUT2D eigenvalue weighted by Gasteiger charge is -2.19. The number of fused-ring (bicyclic) bond motifs is 1. The number of amides is 1. The van der Waals surface area contributed by atoms with Crippen molar-refractivity contribution in [1.29, 1.82) is 0 Å². The fraction of sp³-hybridized carbons (Fsp3) is 0.261. The molecule has 1 unspecified atom stereocenters. The van der Waals surface area contributed by atoms with E-state index >= 15 is 0 Å². The Kier molecular flexibility index (Phi) is 5.73. The van der Waals surface area contributed by atoms with Gasteiger partial charge in [0.2, 0.25) is 0 Å². The number of methoxy groups -OCH3 is 2. The molecule has 0 aliphatic heterocycles. The minimum absolute atomic E-state index is 0.0826. The maximum Gasteiger partial charge on any atom is 0.262 e. The van der Waals surface area contributed by atoms with Crippen molar-refractivity contribution in [2.24, 2.45) is 0 Å². The zero-order chi connectivity index (χ0) is 20.3. The quantitative estimate of drug-likeness (QED) is 0.638. The Balaban J connectivity index is 2.10. The summed E-state index contributed by atoms with van der Waals surface area (Å²) in [5.41, 5.74) is 1.98. The normalized spacial score (nSPS) is 11.8. The van der Waals surface area contributed by atoms with Crippen molar-refractivity contribution in [2.75, 3.05) is 28.3 Å². The molecule has 0 bridgehead atoms. The minimum atomic E-state index is -0.575. The van der Waals surface area contributed by atoms with E-state index in [1.165, 1.54) is 4.90 Å². The van der Waals surface area contributed by atoms with E-state index in [1.807, 2.05) is 48.5 Å². The average Bonchev–Trinajstić information content (AvgIpc) is 2.71. The summed E-state index contributed by atoms with van der Waals surface area (Å²) in [6.45, 7) is 1.76. The lowest BCUT2D eigenvalue weighted by Crippen LogP contribution is -2.35. The number of carbonyl (C=O) groups is 1. The van der Waals surface area contributed by atoms with Gasteiger partial charge in [0.05, 0.1) is 14.2 Å². The van der Waals surface area contributed by atoms with Crippen molar-refractivity contribution in [2.45, 2.75) is 13.0 Å². The topological polar surface area (TPSA) is 48.0 Å². The Morgan fingerprint density at radius 1 is 0.929 bits per heavy atom. The van der Waals surface area contributed by atoms with Gasteiger partial charge in [-0.05, 0) is 53.1 Å². The second-order valence-electron chi connectivity index (χ2n) is 6.75. The van der Waals surface area contributed by atoms with Gasteiger partial charge in [0.1, 0.15) is 5.75 Å². The summed E-state index contributed by atoms with van der Waals surface area (Å²) in [6, 6.07) is 17.8. The molecule has 5 heteroatoms. The van der Waals surface area contributed by atoms with E-state index in [0.29, 0.717) is 17.2 Å². The number of rotatable bonds is 6. The summed E-state index contributed by atoms with van der Waals surface area (Å²) in [7, 11) is 6.67. The van der Waals surface area contributed by atoms with Crippen LogP contribution in [0.1, 0.15) is 6.92 Å². The molecule has 0 aromatic heterocycles. The van der Waals surface area contributed by atoms with E-state index in [1.54, 1.807) is 35.2 Å². The molecule has 3 aromatic rings. The molecule has 0 radical (unpaired) electrons. The summed E-state index contributed by atoms with van der Waals surface area (Å²) in [6.07, 6.45) is -0.575. The highest BCUT2D eigenvalue weighted by Gasteiger charge is 2.18. The summed E-state index contributed by atoms with van der Waals surface area (Å²) < 4.78 is 16.8. The van der Waals surface area contributed by atoms with E-state index in [2.05, 4.69) is 6.07 Å². The molecule has 3 rings (SSSR count). The molecule has 1 atom stereocenters. The summed E-state index contributed by atoms with van der Waals surface area (Å²) >= 11 is 0. The van der Waals surface area contributed by atoms with Crippen LogP contribution in [0.3, 0.4) is 0 Å². The van der Waals surface area contributed by atoms with Gasteiger partial charge in [-0.3, -0.25) is 4.79 Å². The highest BCUT2D eigenvalue weighted by atomic mass is 16.5. The minimum Gasteiger partial charge on any atom is -0.493 e. The molecule has 0 heterocycles. The van der Waals surface area contributed by atoms with Crippen LogP contribution >= 0.6 is 0 Å². The summed E-state index contributed by atoms with van der Waals surface area (Å²) in [4.78, 5) is 13.7. The highest BCUT2D eigenvalue weighted by molar-refractivity contribution is 5.98. The molecule has 0 spiro atoms. The molecule has 3 aromatic carbocycles. The van der Waals surface area contributed by atoms with Crippen LogP contribution in [0.2, 0.25) is 0 Å². The SMILES string of the molecule is COc1ccc(-c2cc(OC(C)C(=O)N(C)C)cc3ccccc23)cc1OC. The zero-order valence-corrected chi connectivity index (χ0v) is 16.9. The summed E-state index contributed by atoms with van der Waals surface area (Å²) in [5, 5.41) is 2.13. The predicted octanol–water partition coefficient (Wildman–Crippen LogP) is 4.38. The number of hydrogen-bond acceptors (Lipinski definition) is 4. The lowest BCUT2D eigenvalue weighted by atomic mass is 9.97. The van der Waals surface area contributed by atoms with Gasteiger partial charge < -0.3 is 19.1 Å². The van der Waals surface area contributed by atoms with Crippen LogP contribution in [0.4, 0.5) is 0 Å². The van der Waals surface area contributed by atoms with Crippen molar-refractivity contribution in [3.8, 4) is 28.4 Å². The Hall–Kier alpha value is -3.21. The molecule has 0 aliphatic carbocycles. The van der Waals surface area contributed by atoms with E-state index in [4.69, 9.17) is 14.2 Å². The number of benzene rings is 3. The third-order valence-electron chi connectivity index (χ3n) is 4.63. The van der Waals surface area contributed by atoms with Gasteiger partial charge in [-0.15, -0.1) is 0 Å². The molecule has 0 aliphatic rings. The first-order valence-corrected chi connectivity index (χ1v) is 9.07. The molecule has 0 N–H and O–H groups in total. The number of likely N-dealkylation sites (N-methyl/N-ethyl adjacent to an activating group) is 1. The van der Waals surface area contributed by atoms with Crippen molar-refractivity contribution in [3.05, 3.63) is 54.6 Å². The fourth-order valence-electron chi connectivity index (χ4n) is 3.21. The van der Waals surface area contributed by atoms with Crippen LogP contribution in [0.25, 0.3) is 21.9 Å². The van der Waals surface area contributed by atoms with Gasteiger partial charge in [0.15, 0.2) is 17.6 Å². The Morgan fingerprint density at radius 3 is 2.32 bits per heavy atom. The standard InChI is InChI=1S/C23H25NO4/c1-15(23(25)24(2)3)28-18-12-16-8-6-7-9-19(16)20(14-18)17-10-11-21(26-4)22(13-17)27-5/h6-15H,1-5H3. The molecule has 5 nitrogen and oxygen atoms in total. The second-order valence-corrected chi connectivity index (χ2v) is 6.75. The Bertz CT molecular complexity index is 997. The van der Waals surface area contributed by atoms with E-state index in [9.17, 15) is 4.79 Å². The van der Waals surface area contributed by atoms with Gasteiger partial charge in [0, 0.05) is 14.1 Å². The first kappa shape index (κ1) is 19.5. The Labute approximate surface area is 165 Å². The summed E-state index contributed by atoms with van der Waals surface area (Å²) in [5.74, 6) is 1.90. The number of carbonyl (C=O) groups excluding carboxylic acids is 1. The molecule has 0 saturated carbocycles. The van der Waals surface area contributed by atoms with Crippen LogP contribution < -0.4 is 14.2 Å². The van der Waals surface area contributed by atoms with Crippen molar-refractivity contribution in [1.82, 2.24) is 4.90 Å². The van der Waals surface area contributed by atoms with Crippen LogP contribution in [0, 0.1) is 0 Å². The molecule has 146 valence electrons. The van der Waals surface area contributed by atoms with E-state index in [-0.39, 0.29) is 5.91 Å². The van der Waals surface area contributed by atoms with Crippen molar-refractivity contribution < 1.29 is 19.0 Å². The van der Waals surface area contributed by atoms with Crippen LogP contribution in [0.15, 0.2) is 54.6 Å². The second kappa shape index (κ2) is 8.21. The Morgan fingerprint density at radius 2 is 1.64 bits per heavy atom. The van der Waals surface area contributed by atoms with Gasteiger partial charge in [0.25, 0.3) is 5.91 Å². The smallest absolute Gasteiger partial charge is 0.262 e. The number of nitrogens with zero attached hydrogens (tertiary/aromatic N) is 1. The monoisotopic (exact) mass is 379 g/mol. The van der Waals surface area contributed by atoms with E-state index in [0.717, 1.165) is 21.9 Å². The van der Waals surface area contributed by atoms with Gasteiger partial charge in [-0.1, -0.05) is 30.3 Å². The number of ether oxygens (including phenoxy) is 3.